The van der Waals surface area contributed by atoms with Gasteiger partial charge in [-0.3, -0.25) is 14.5 Å². The van der Waals surface area contributed by atoms with E-state index >= 15 is 0 Å². The number of benzene rings is 1. The van der Waals surface area contributed by atoms with Crippen LogP contribution < -0.4 is 5.32 Å². The molecule has 1 aromatic carbocycles. The number of thiophene rings is 1. The Labute approximate surface area is 130 Å². The number of fused-ring (bicyclic) bond motifs is 1. The van der Waals surface area contributed by atoms with Crippen molar-refractivity contribution < 1.29 is 19.5 Å². The van der Waals surface area contributed by atoms with Crippen molar-refractivity contribution in [3.05, 3.63) is 57.8 Å². The Kier molecular flexibility index (Phi) is 3.64. The minimum absolute atomic E-state index is 0.0441. The third kappa shape index (κ3) is 2.35. The molecule has 1 aliphatic heterocycles. The van der Waals surface area contributed by atoms with Crippen LogP contribution in [-0.4, -0.2) is 34.5 Å². The summed E-state index contributed by atoms with van der Waals surface area (Å²) in [5, 5.41) is 14.7. The number of carbonyl (C=O) groups excluding carboxylic acids is 2. The van der Waals surface area contributed by atoms with Gasteiger partial charge in [0.25, 0.3) is 11.8 Å². The Hall–Kier alpha value is -2.67. The molecule has 2 N–H and O–H groups in total. The normalized spacial score (nSPS) is 14.8. The van der Waals surface area contributed by atoms with E-state index in [2.05, 4.69) is 5.32 Å². The van der Waals surface area contributed by atoms with Gasteiger partial charge in [0.1, 0.15) is 0 Å². The quantitative estimate of drug-likeness (QED) is 0.848. The SMILES string of the molecule is O=C(O)NCC(c1ccsc1)N1C(=O)c2ccccc2C1=O. The number of imide groups is 1. The Morgan fingerprint density at radius 3 is 2.32 bits per heavy atom. The van der Waals surface area contributed by atoms with Gasteiger partial charge in [-0.1, -0.05) is 12.1 Å². The van der Waals surface area contributed by atoms with Gasteiger partial charge in [0.2, 0.25) is 0 Å². The number of hydrogen-bond donors (Lipinski definition) is 2. The molecule has 22 heavy (non-hydrogen) atoms. The van der Waals surface area contributed by atoms with Crippen molar-refractivity contribution in [3.63, 3.8) is 0 Å². The van der Waals surface area contributed by atoms with Gasteiger partial charge in [-0.05, 0) is 34.5 Å². The molecule has 0 aliphatic carbocycles. The van der Waals surface area contributed by atoms with Crippen LogP contribution in [0.5, 0.6) is 0 Å². The number of rotatable bonds is 4. The lowest BCUT2D eigenvalue weighted by atomic mass is 10.1. The van der Waals surface area contributed by atoms with Crippen molar-refractivity contribution >= 4 is 29.2 Å². The van der Waals surface area contributed by atoms with E-state index in [4.69, 9.17) is 5.11 Å². The Morgan fingerprint density at radius 1 is 1.18 bits per heavy atom. The lowest BCUT2D eigenvalue weighted by Gasteiger charge is -2.25. The van der Waals surface area contributed by atoms with Crippen LogP contribution in [0.25, 0.3) is 0 Å². The molecule has 2 heterocycles. The van der Waals surface area contributed by atoms with Gasteiger partial charge in [0.15, 0.2) is 0 Å². The van der Waals surface area contributed by atoms with E-state index in [1.165, 1.54) is 11.3 Å². The van der Waals surface area contributed by atoms with Gasteiger partial charge in [-0.2, -0.15) is 11.3 Å². The summed E-state index contributed by atoms with van der Waals surface area (Å²) in [5.74, 6) is -0.798. The highest BCUT2D eigenvalue weighted by molar-refractivity contribution is 7.08. The summed E-state index contributed by atoms with van der Waals surface area (Å²) >= 11 is 1.42. The molecule has 1 atom stereocenters. The molecule has 0 radical (unpaired) electrons. The monoisotopic (exact) mass is 316 g/mol. The fourth-order valence-electron chi connectivity index (χ4n) is 2.50. The highest BCUT2D eigenvalue weighted by Gasteiger charge is 2.40. The van der Waals surface area contributed by atoms with Crippen LogP contribution in [0.15, 0.2) is 41.1 Å². The zero-order valence-corrected chi connectivity index (χ0v) is 12.2. The fourth-order valence-corrected chi connectivity index (χ4v) is 3.20. The Balaban J connectivity index is 1.97. The number of carboxylic acid groups (broad SMARTS) is 1. The molecule has 7 heteroatoms. The molecule has 2 aromatic rings. The second-order valence-corrected chi connectivity index (χ2v) is 5.56. The summed E-state index contributed by atoms with van der Waals surface area (Å²) in [7, 11) is 0. The van der Waals surface area contributed by atoms with E-state index in [-0.39, 0.29) is 6.54 Å². The lowest BCUT2D eigenvalue weighted by Crippen LogP contribution is -2.40. The van der Waals surface area contributed by atoms with Crippen LogP contribution in [0.4, 0.5) is 4.79 Å². The van der Waals surface area contributed by atoms with Crippen molar-refractivity contribution in [1.29, 1.82) is 0 Å². The molecular formula is C15H12N2O4S. The van der Waals surface area contributed by atoms with Crippen LogP contribution in [-0.2, 0) is 0 Å². The van der Waals surface area contributed by atoms with E-state index < -0.39 is 23.9 Å². The molecule has 0 saturated heterocycles. The molecule has 0 fully saturated rings. The van der Waals surface area contributed by atoms with Crippen LogP contribution in [0.2, 0.25) is 0 Å². The van der Waals surface area contributed by atoms with E-state index in [1.807, 2.05) is 5.38 Å². The third-order valence-corrected chi connectivity index (χ3v) is 4.21. The van der Waals surface area contributed by atoms with Gasteiger partial charge in [-0.25, -0.2) is 4.79 Å². The molecule has 6 nitrogen and oxygen atoms in total. The minimum atomic E-state index is -1.20. The lowest BCUT2D eigenvalue weighted by molar-refractivity contribution is 0.0579. The fraction of sp³-hybridized carbons (Fsp3) is 0.133. The third-order valence-electron chi connectivity index (χ3n) is 3.51. The van der Waals surface area contributed by atoms with Crippen LogP contribution in [0.1, 0.15) is 32.3 Å². The predicted molar refractivity (Wildman–Crippen MR) is 80.0 cm³/mol. The van der Waals surface area contributed by atoms with Crippen molar-refractivity contribution in [2.75, 3.05) is 6.54 Å². The van der Waals surface area contributed by atoms with Gasteiger partial charge in [0, 0.05) is 6.54 Å². The predicted octanol–water partition coefficient (Wildman–Crippen LogP) is 2.35. The average molecular weight is 316 g/mol. The minimum Gasteiger partial charge on any atom is -0.465 e. The molecular weight excluding hydrogens is 304 g/mol. The first-order valence-electron chi connectivity index (χ1n) is 6.55. The molecule has 0 bridgehead atoms. The molecule has 3 rings (SSSR count). The van der Waals surface area contributed by atoms with E-state index in [0.717, 1.165) is 10.5 Å². The maximum absolute atomic E-state index is 12.5. The standard InChI is InChI=1S/C15H12N2O4S/c18-13-10-3-1-2-4-11(10)14(19)17(13)12(7-16-15(20)21)9-5-6-22-8-9/h1-6,8,12,16H,7H2,(H,20,21). The first kappa shape index (κ1) is 14.3. The molecule has 1 aliphatic rings. The van der Waals surface area contributed by atoms with Crippen molar-refractivity contribution in [2.24, 2.45) is 0 Å². The Morgan fingerprint density at radius 2 is 1.82 bits per heavy atom. The summed E-state index contributed by atoms with van der Waals surface area (Å²) in [6.07, 6.45) is -1.20. The van der Waals surface area contributed by atoms with E-state index in [1.54, 1.807) is 35.7 Å². The maximum atomic E-state index is 12.5. The highest BCUT2D eigenvalue weighted by Crippen LogP contribution is 2.31. The van der Waals surface area contributed by atoms with Crippen LogP contribution >= 0.6 is 11.3 Å². The molecule has 112 valence electrons. The molecule has 1 unspecified atom stereocenters. The second-order valence-electron chi connectivity index (χ2n) is 4.78. The van der Waals surface area contributed by atoms with Crippen molar-refractivity contribution in [1.82, 2.24) is 10.2 Å². The summed E-state index contributed by atoms with van der Waals surface area (Å²) < 4.78 is 0. The molecule has 0 spiro atoms. The zero-order valence-electron chi connectivity index (χ0n) is 11.4. The van der Waals surface area contributed by atoms with Crippen molar-refractivity contribution in [3.8, 4) is 0 Å². The molecule has 3 amide bonds. The van der Waals surface area contributed by atoms with Gasteiger partial charge >= 0.3 is 6.09 Å². The van der Waals surface area contributed by atoms with Crippen LogP contribution in [0.3, 0.4) is 0 Å². The van der Waals surface area contributed by atoms with Gasteiger partial charge in [0.05, 0.1) is 17.2 Å². The smallest absolute Gasteiger partial charge is 0.404 e. The van der Waals surface area contributed by atoms with Crippen molar-refractivity contribution in [2.45, 2.75) is 6.04 Å². The highest BCUT2D eigenvalue weighted by atomic mass is 32.1. The first-order valence-corrected chi connectivity index (χ1v) is 7.49. The number of amides is 3. The molecule has 1 aromatic heterocycles. The summed E-state index contributed by atoms with van der Waals surface area (Å²) in [6.45, 7) is -0.0441. The second kappa shape index (κ2) is 5.61. The average Bonchev–Trinajstić information content (AvgIpc) is 3.11. The first-order chi connectivity index (χ1) is 10.6. The zero-order chi connectivity index (χ0) is 15.7. The number of carbonyl (C=O) groups is 3. The summed E-state index contributed by atoms with van der Waals surface area (Å²) in [6, 6.07) is 7.72. The van der Waals surface area contributed by atoms with E-state index in [0.29, 0.717) is 11.1 Å². The summed E-state index contributed by atoms with van der Waals surface area (Å²) in [4.78, 5) is 36.9. The number of nitrogens with one attached hydrogen (secondary N) is 1. The van der Waals surface area contributed by atoms with Crippen LogP contribution in [0, 0.1) is 0 Å². The molecule has 0 saturated carbocycles. The topological polar surface area (TPSA) is 86.7 Å². The Bertz CT molecular complexity index is 707. The number of hydrogen-bond acceptors (Lipinski definition) is 4. The van der Waals surface area contributed by atoms with Gasteiger partial charge in [-0.15, -0.1) is 0 Å². The maximum Gasteiger partial charge on any atom is 0.404 e. The van der Waals surface area contributed by atoms with Gasteiger partial charge < -0.3 is 10.4 Å². The number of nitrogens with zero attached hydrogens (tertiary/aromatic N) is 1. The largest absolute Gasteiger partial charge is 0.465 e. The van der Waals surface area contributed by atoms with E-state index in [9.17, 15) is 14.4 Å². The summed E-state index contributed by atoms with van der Waals surface area (Å²) in [5.41, 5.74) is 1.43.